The molecule has 0 bridgehead atoms. The molecule has 1 aliphatic heterocycles. The van der Waals surface area contributed by atoms with Crippen LogP contribution in [0.5, 0.6) is 5.75 Å². The van der Waals surface area contributed by atoms with Gasteiger partial charge in [-0.2, -0.15) is 0 Å². The van der Waals surface area contributed by atoms with Crippen LogP contribution < -0.4 is 10.5 Å². The molecule has 0 aliphatic carbocycles. The van der Waals surface area contributed by atoms with Gasteiger partial charge in [-0.3, -0.25) is 0 Å². The molecule has 1 aliphatic rings. The summed E-state index contributed by atoms with van der Waals surface area (Å²) in [5.41, 5.74) is 6.03. The maximum atomic E-state index is 13.0. The molecule has 100 valence electrons. The minimum absolute atomic E-state index is 0.319. The van der Waals surface area contributed by atoms with Crippen LogP contribution in [0.3, 0.4) is 0 Å². The van der Waals surface area contributed by atoms with E-state index in [1.54, 1.807) is 0 Å². The zero-order valence-corrected chi connectivity index (χ0v) is 11.7. The molecule has 0 aromatic heterocycles. The predicted molar refractivity (Wildman–Crippen MR) is 72.2 cm³/mol. The third-order valence-corrected chi connectivity index (χ3v) is 3.57. The van der Waals surface area contributed by atoms with Crippen LogP contribution in [0.4, 0.5) is 10.1 Å². The minimum Gasteiger partial charge on any atom is -0.490 e. The molecule has 2 N–H and O–H groups in total. The minimum atomic E-state index is -0.369. The second-order valence-corrected chi connectivity index (χ2v) is 5.29. The number of anilines is 1. The first-order valence-corrected chi connectivity index (χ1v) is 6.95. The normalized spacial score (nSPS) is 19.1. The highest BCUT2D eigenvalue weighted by Crippen LogP contribution is 2.32. The molecule has 1 fully saturated rings. The van der Waals surface area contributed by atoms with Crippen LogP contribution in [0.25, 0.3) is 0 Å². The summed E-state index contributed by atoms with van der Waals surface area (Å²) in [6, 6.07) is 2.62. The average Bonchev–Trinajstić information content (AvgIpc) is 2.79. The van der Waals surface area contributed by atoms with Crippen molar-refractivity contribution in [3.63, 3.8) is 0 Å². The molecule has 0 amide bonds. The van der Waals surface area contributed by atoms with E-state index < -0.39 is 0 Å². The molecule has 0 radical (unpaired) electrons. The van der Waals surface area contributed by atoms with Gasteiger partial charge in [0, 0.05) is 12.7 Å². The van der Waals surface area contributed by atoms with Crippen molar-refractivity contribution in [2.75, 3.05) is 18.9 Å². The van der Waals surface area contributed by atoms with Crippen molar-refractivity contribution in [2.24, 2.45) is 0 Å². The van der Waals surface area contributed by atoms with Gasteiger partial charge in [-0.15, -0.1) is 0 Å². The fraction of sp³-hybridized carbons (Fsp3) is 0.538. The van der Waals surface area contributed by atoms with Crippen molar-refractivity contribution in [1.29, 1.82) is 0 Å². The zero-order chi connectivity index (χ0) is 13.0. The van der Waals surface area contributed by atoms with Gasteiger partial charge in [0.05, 0.1) is 22.9 Å². The van der Waals surface area contributed by atoms with Crippen LogP contribution in [0.2, 0.25) is 0 Å². The van der Waals surface area contributed by atoms with Crippen LogP contribution in [0, 0.1) is 5.82 Å². The molecule has 1 unspecified atom stereocenters. The van der Waals surface area contributed by atoms with Crippen LogP contribution in [0.15, 0.2) is 16.6 Å². The van der Waals surface area contributed by atoms with Gasteiger partial charge < -0.3 is 15.2 Å². The summed E-state index contributed by atoms with van der Waals surface area (Å²) < 4.78 is 24.7. The van der Waals surface area contributed by atoms with Gasteiger partial charge in [-0.05, 0) is 47.7 Å². The second-order valence-electron chi connectivity index (χ2n) is 4.43. The van der Waals surface area contributed by atoms with E-state index in [1.165, 1.54) is 12.1 Å². The number of hydrogen-bond donors (Lipinski definition) is 1. The van der Waals surface area contributed by atoms with Crippen molar-refractivity contribution in [1.82, 2.24) is 0 Å². The SMILES string of the molecule is Nc1cc(F)cc(Br)c1OCCCC1CCCO1. The molecule has 1 saturated heterocycles. The first-order chi connectivity index (χ1) is 8.66. The van der Waals surface area contributed by atoms with Crippen LogP contribution in [-0.4, -0.2) is 19.3 Å². The van der Waals surface area contributed by atoms with Crippen LogP contribution in [0.1, 0.15) is 25.7 Å². The Kier molecular flexibility index (Phi) is 4.83. The highest BCUT2D eigenvalue weighted by molar-refractivity contribution is 9.10. The predicted octanol–water partition coefficient (Wildman–Crippen LogP) is 3.51. The van der Waals surface area contributed by atoms with Gasteiger partial charge in [-0.1, -0.05) is 0 Å². The van der Waals surface area contributed by atoms with E-state index in [4.69, 9.17) is 15.2 Å². The van der Waals surface area contributed by atoms with Gasteiger partial charge in [0.1, 0.15) is 5.82 Å². The van der Waals surface area contributed by atoms with Crippen molar-refractivity contribution in [2.45, 2.75) is 31.8 Å². The molecular weight excluding hydrogens is 301 g/mol. The zero-order valence-electron chi connectivity index (χ0n) is 10.1. The van der Waals surface area contributed by atoms with Gasteiger partial charge in [-0.25, -0.2) is 4.39 Å². The third kappa shape index (κ3) is 3.59. The maximum Gasteiger partial charge on any atom is 0.156 e. The summed E-state index contributed by atoms with van der Waals surface area (Å²) in [5, 5.41) is 0. The molecule has 3 nitrogen and oxygen atoms in total. The first-order valence-electron chi connectivity index (χ1n) is 6.16. The van der Waals surface area contributed by atoms with E-state index in [0.717, 1.165) is 32.3 Å². The standard InChI is InChI=1S/C13H17BrFNO2/c14-11-7-9(15)8-12(16)13(11)18-6-2-4-10-3-1-5-17-10/h7-8,10H,1-6,16H2. The molecule has 1 aromatic carbocycles. The summed E-state index contributed by atoms with van der Waals surface area (Å²) in [6.07, 6.45) is 4.58. The summed E-state index contributed by atoms with van der Waals surface area (Å²) in [5.74, 6) is 0.148. The number of nitrogen functional groups attached to an aromatic ring is 1. The molecule has 0 spiro atoms. The Bertz CT molecular complexity index is 385. The molecule has 0 saturated carbocycles. The highest BCUT2D eigenvalue weighted by atomic mass is 79.9. The Morgan fingerprint density at radius 1 is 1.50 bits per heavy atom. The molecule has 1 heterocycles. The van der Waals surface area contributed by atoms with Gasteiger partial charge in [0.25, 0.3) is 0 Å². The molecule has 5 heteroatoms. The maximum absolute atomic E-state index is 13.0. The van der Waals surface area contributed by atoms with E-state index in [9.17, 15) is 4.39 Å². The average molecular weight is 318 g/mol. The van der Waals surface area contributed by atoms with Crippen molar-refractivity contribution < 1.29 is 13.9 Å². The molecule has 2 rings (SSSR count). The number of rotatable bonds is 5. The highest BCUT2D eigenvalue weighted by Gasteiger charge is 2.15. The van der Waals surface area contributed by atoms with Gasteiger partial charge in [0.15, 0.2) is 5.75 Å². The Hall–Kier alpha value is -0.810. The van der Waals surface area contributed by atoms with E-state index in [1.807, 2.05) is 0 Å². The Labute approximate surface area is 115 Å². The van der Waals surface area contributed by atoms with E-state index in [2.05, 4.69) is 15.9 Å². The first kappa shape index (κ1) is 13.6. The van der Waals surface area contributed by atoms with E-state index in [-0.39, 0.29) is 5.82 Å². The number of nitrogens with two attached hydrogens (primary N) is 1. The van der Waals surface area contributed by atoms with Crippen LogP contribution >= 0.6 is 15.9 Å². The third-order valence-electron chi connectivity index (χ3n) is 2.98. The summed E-state index contributed by atoms with van der Waals surface area (Å²) in [7, 11) is 0. The number of hydrogen-bond acceptors (Lipinski definition) is 3. The van der Waals surface area contributed by atoms with E-state index >= 15 is 0 Å². The lowest BCUT2D eigenvalue weighted by atomic mass is 10.1. The molecule has 1 atom stereocenters. The number of halogens is 2. The summed E-state index contributed by atoms with van der Waals surface area (Å²) >= 11 is 3.25. The smallest absolute Gasteiger partial charge is 0.156 e. The molecule has 1 aromatic rings. The number of benzene rings is 1. The number of ether oxygens (including phenoxy) is 2. The fourth-order valence-electron chi connectivity index (χ4n) is 2.09. The van der Waals surface area contributed by atoms with Crippen molar-refractivity contribution >= 4 is 21.6 Å². The monoisotopic (exact) mass is 317 g/mol. The quantitative estimate of drug-likeness (QED) is 0.667. The van der Waals surface area contributed by atoms with Crippen molar-refractivity contribution in [3.05, 3.63) is 22.4 Å². The lowest BCUT2D eigenvalue weighted by molar-refractivity contribution is 0.0981. The van der Waals surface area contributed by atoms with Crippen molar-refractivity contribution in [3.8, 4) is 5.75 Å². The summed E-state index contributed by atoms with van der Waals surface area (Å²) in [4.78, 5) is 0. The fourth-order valence-corrected chi connectivity index (χ4v) is 2.65. The Morgan fingerprint density at radius 3 is 3.00 bits per heavy atom. The van der Waals surface area contributed by atoms with Gasteiger partial charge >= 0.3 is 0 Å². The lowest BCUT2D eigenvalue weighted by Crippen LogP contribution is -2.08. The molecular formula is C13H17BrFNO2. The van der Waals surface area contributed by atoms with Crippen LogP contribution in [-0.2, 0) is 4.74 Å². The topological polar surface area (TPSA) is 44.5 Å². The Balaban J connectivity index is 1.79. The largest absolute Gasteiger partial charge is 0.490 e. The van der Waals surface area contributed by atoms with E-state index in [0.29, 0.717) is 28.6 Å². The Morgan fingerprint density at radius 2 is 2.33 bits per heavy atom. The second kappa shape index (κ2) is 6.38. The van der Waals surface area contributed by atoms with Gasteiger partial charge in [0.2, 0.25) is 0 Å². The molecule has 18 heavy (non-hydrogen) atoms. The lowest BCUT2D eigenvalue weighted by Gasteiger charge is -2.12. The summed E-state index contributed by atoms with van der Waals surface area (Å²) in [6.45, 7) is 1.44.